The first-order chi connectivity index (χ1) is 22.5. The molecule has 0 amide bonds. The van der Waals surface area contributed by atoms with Crippen LogP contribution in [0.15, 0.2) is 0 Å². The summed E-state index contributed by atoms with van der Waals surface area (Å²) >= 11 is 0. The second-order valence-corrected chi connectivity index (χ2v) is 52.4. The highest BCUT2D eigenvalue weighted by molar-refractivity contribution is 6.72. The van der Waals surface area contributed by atoms with E-state index >= 15 is 0 Å². The van der Waals surface area contributed by atoms with Gasteiger partial charge in [0, 0.05) is 0 Å². The summed E-state index contributed by atoms with van der Waals surface area (Å²) in [5.74, 6) is 0. The minimum Gasteiger partial charge on any atom is -0.415 e. The number of hydrogen-bond donors (Lipinski definition) is 1. The van der Waals surface area contributed by atoms with Crippen molar-refractivity contribution in [2.45, 2.75) is 199 Å². The molecule has 2 heterocycles. The topological polar surface area (TPSA) is 113 Å². The number of aliphatic hydroxyl groups is 1. The van der Waals surface area contributed by atoms with E-state index in [4.69, 9.17) is 45.2 Å². The zero-order valence-corrected chi connectivity index (χ0v) is 43.2. The number of hydrogen-bond acceptors (Lipinski definition) is 11. The molecule has 2 saturated heterocycles. The van der Waals surface area contributed by atoms with Crippen LogP contribution in [0.2, 0.25) is 137 Å². The van der Waals surface area contributed by atoms with E-state index in [1.165, 1.54) is 0 Å². The lowest BCUT2D eigenvalue weighted by molar-refractivity contribution is -0.346. The van der Waals surface area contributed by atoms with Crippen LogP contribution in [-0.2, 0) is 45.2 Å². The summed E-state index contributed by atoms with van der Waals surface area (Å²) in [4.78, 5) is 0. The van der Waals surface area contributed by atoms with Crippen molar-refractivity contribution in [1.29, 1.82) is 0 Å². The van der Waals surface area contributed by atoms with Crippen LogP contribution in [0.1, 0.15) is 0 Å². The fourth-order valence-electron chi connectivity index (χ4n) is 5.84. The summed E-state index contributed by atoms with van der Waals surface area (Å²) in [6.07, 6.45) is -6.86. The van der Waals surface area contributed by atoms with Gasteiger partial charge in [-0.1, -0.05) is 0 Å². The van der Waals surface area contributed by atoms with Gasteiger partial charge in [-0.2, -0.15) is 0 Å². The minimum atomic E-state index is -2.23. The summed E-state index contributed by atoms with van der Waals surface area (Å²) in [5, 5.41) is 11.5. The van der Waals surface area contributed by atoms with E-state index < -0.39 is 120 Å². The summed E-state index contributed by atoms with van der Waals surface area (Å²) in [6.45, 7) is 45.9. The van der Waals surface area contributed by atoms with Gasteiger partial charge in [0.05, 0.1) is 13.2 Å². The van der Waals surface area contributed by atoms with Crippen LogP contribution < -0.4 is 0 Å². The van der Waals surface area contributed by atoms with Crippen LogP contribution in [-0.4, -0.2) is 138 Å². The van der Waals surface area contributed by atoms with Gasteiger partial charge >= 0.3 is 0 Å². The molecule has 2 aliphatic rings. The van der Waals surface area contributed by atoms with Crippen molar-refractivity contribution >= 4 is 58.2 Å². The third kappa shape index (κ3) is 18.3. The highest BCUT2D eigenvalue weighted by Gasteiger charge is 2.56. The highest BCUT2D eigenvalue weighted by atomic mass is 28.4. The Bertz CT molecular complexity index is 1070. The van der Waals surface area contributed by atoms with Crippen LogP contribution in [0, 0.1) is 0 Å². The molecule has 304 valence electrons. The molecule has 51 heavy (non-hydrogen) atoms. The van der Waals surface area contributed by atoms with Gasteiger partial charge in [0.2, 0.25) is 0 Å². The van der Waals surface area contributed by atoms with Crippen molar-refractivity contribution in [2.75, 3.05) is 13.2 Å². The summed E-state index contributed by atoms with van der Waals surface area (Å²) < 4.78 is 68.5. The van der Waals surface area contributed by atoms with Gasteiger partial charge < -0.3 is 50.3 Å². The molecule has 0 bridgehead atoms. The van der Waals surface area contributed by atoms with Crippen LogP contribution >= 0.6 is 0 Å². The second kappa shape index (κ2) is 17.7. The first-order valence-corrected chi connectivity index (χ1v) is 42.7. The van der Waals surface area contributed by atoms with Crippen molar-refractivity contribution in [3.05, 3.63) is 0 Å². The van der Waals surface area contributed by atoms with E-state index in [-0.39, 0.29) is 6.61 Å². The average Bonchev–Trinajstić information content (AvgIpc) is 2.84. The Balaban J connectivity index is 2.83. The monoisotopic (exact) mass is 846 g/mol. The molecule has 11 nitrogen and oxygen atoms in total. The molecular formula is C33H78O11Si7. The lowest BCUT2D eigenvalue weighted by Crippen LogP contribution is -2.69. The summed E-state index contributed by atoms with van der Waals surface area (Å²) in [6, 6.07) is 0. The number of rotatable bonds is 18. The van der Waals surface area contributed by atoms with Gasteiger partial charge in [-0.25, -0.2) is 0 Å². The summed E-state index contributed by atoms with van der Waals surface area (Å²) in [7, 11) is -14.9. The standard InChI is InChI=1S/C33H78O11Si7/c1-45(2,3)35-22-24-26(28(41-48(10,11)12)30(32(34)37-24)43-50(16,17)18)39-33-31(44-51(19,20)21)29(42-49(13,14)15)27(40-47(7,8)9)25(38-33)23-36-46(4,5)6/h24-34H,22-23H2,1-21H3/t24-,25-,26-,27+,28+,29+,30-,31-,32?,33+/m1/s1. The molecule has 0 radical (unpaired) electrons. The molecule has 1 N–H and O–H groups in total. The molecule has 0 aromatic heterocycles. The Morgan fingerprint density at radius 2 is 0.686 bits per heavy atom. The van der Waals surface area contributed by atoms with E-state index in [0.29, 0.717) is 6.61 Å². The molecule has 0 aliphatic carbocycles. The Labute approximate surface area is 319 Å². The van der Waals surface area contributed by atoms with Gasteiger partial charge in [0.25, 0.3) is 0 Å². The van der Waals surface area contributed by atoms with Crippen molar-refractivity contribution < 1.29 is 50.3 Å². The van der Waals surface area contributed by atoms with Crippen LogP contribution in [0.25, 0.3) is 0 Å². The molecule has 2 fully saturated rings. The molecule has 2 aliphatic heterocycles. The third-order valence-corrected chi connectivity index (χ3v) is 14.3. The van der Waals surface area contributed by atoms with Crippen molar-refractivity contribution in [2.24, 2.45) is 0 Å². The fourth-order valence-corrected chi connectivity index (χ4v) is 12.6. The maximum atomic E-state index is 11.5. The molecule has 0 aromatic rings. The molecule has 2 rings (SSSR count). The van der Waals surface area contributed by atoms with E-state index in [9.17, 15) is 5.11 Å². The zero-order valence-electron chi connectivity index (χ0n) is 36.2. The number of aliphatic hydroxyl groups excluding tert-OH is 1. The normalized spacial score (nSPS) is 32.4. The lowest BCUT2D eigenvalue weighted by Gasteiger charge is -2.53. The van der Waals surface area contributed by atoms with E-state index in [1.807, 2.05) is 0 Å². The zero-order chi connectivity index (χ0) is 39.8. The molecule has 1 unspecified atom stereocenters. The van der Waals surface area contributed by atoms with Crippen LogP contribution in [0.5, 0.6) is 0 Å². The van der Waals surface area contributed by atoms with Crippen molar-refractivity contribution in [3.8, 4) is 0 Å². The first-order valence-electron chi connectivity index (χ1n) is 18.8. The van der Waals surface area contributed by atoms with E-state index in [0.717, 1.165) is 0 Å². The van der Waals surface area contributed by atoms with Gasteiger partial charge in [0.15, 0.2) is 70.8 Å². The molecular weight excluding hydrogens is 769 g/mol. The number of ether oxygens (including phenoxy) is 3. The minimum absolute atomic E-state index is 0.229. The predicted octanol–water partition coefficient (Wildman–Crippen LogP) is 7.62. The maximum Gasteiger partial charge on any atom is 0.186 e. The molecule has 0 spiro atoms. The van der Waals surface area contributed by atoms with E-state index in [2.05, 4.69) is 137 Å². The third-order valence-electron chi connectivity index (χ3n) is 7.30. The maximum absolute atomic E-state index is 11.5. The largest absolute Gasteiger partial charge is 0.415 e. The Kier molecular flexibility index (Phi) is 16.7. The van der Waals surface area contributed by atoms with Crippen LogP contribution in [0.3, 0.4) is 0 Å². The van der Waals surface area contributed by atoms with Gasteiger partial charge in [-0.3, -0.25) is 0 Å². The fraction of sp³-hybridized carbons (Fsp3) is 1.00. The molecule has 0 aromatic carbocycles. The van der Waals surface area contributed by atoms with Crippen molar-refractivity contribution in [3.63, 3.8) is 0 Å². The average molecular weight is 848 g/mol. The first kappa shape index (κ1) is 48.2. The quantitative estimate of drug-likeness (QED) is 0.138. The Morgan fingerprint density at radius 1 is 0.373 bits per heavy atom. The summed E-state index contributed by atoms with van der Waals surface area (Å²) in [5.41, 5.74) is 0. The van der Waals surface area contributed by atoms with E-state index in [1.54, 1.807) is 0 Å². The SMILES string of the molecule is C[Si](C)(C)OC[C@H]1O[C@@H](O[C@H]2[C@H](O[Si](C)(C)C)[C@@H](O[Si](C)(C)C)C(O)O[C@@H]2CO[Si](C)(C)C)[C@H](O[Si](C)(C)C)[C@@H](O[Si](C)(C)C)[C@H]1O[Si](C)(C)C. The van der Waals surface area contributed by atoms with Gasteiger partial charge in [-0.05, 0) is 137 Å². The second-order valence-electron chi connectivity index (χ2n) is 21.0. The lowest BCUT2D eigenvalue weighted by atomic mass is 9.97. The predicted molar refractivity (Wildman–Crippen MR) is 224 cm³/mol. The van der Waals surface area contributed by atoms with Crippen molar-refractivity contribution in [1.82, 2.24) is 0 Å². The van der Waals surface area contributed by atoms with Gasteiger partial charge in [-0.15, -0.1) is 0 Å². The van der Waals surface area contributed by atoms with Gasteiger partial charge in [0.1, 0.15) is 48.8 Å². The molecule has 18 heteroatoms. The molecule has 10 atom stereocenters. The molecule has 0 saturated carbocycles. The Hall–Kier alpha value is 1.08. The Morgan fingerprint density at radius 3 is 1.06 bits per heavy atom. The highest BCUT2D eigenvalue weighted by Crippen LogP contribution is 2.38. The van der Waals surface area contributed by atoms with Crippen LogP contribution in [0.4, 0.5) is 0 Å². The smallest absolute Gasteiger partial charge is 0.186 e.